The average molecular weight is 218 g/mol. The fourth-order valence-corrected chi connectivity index (χ4v) is 4.25. The van der Waals surface area contributed by atoms with Crippen molar-refractivity contribution in [3.05, 3.63) is 0 Å². The van der Waals surface area contributed by atoms with E-state index in [2.05, 4.69) is 5.32 Å². The van der Waals surface area contributed by atoms with Crippen LogP contribution >= 0.6 is 0 Å². The third-order valence-corrected chi connectivity index (χ3v) is 5.07. The normalized spacial score (nSPS) is 37.8. The lowest BCUT2D eigenvalue weighted by atomic mass is 10.2. The largest absolute Gasteiger partial charge is 0.313 e. The first kappa shape index (κ1) is 10.4. The van der Waals surface area contributed by atoms with Gasteiger partial charge in [0.2, 0.25) is 10.0 Å². The highest BCUT2D eigenvalue weighted by atomic mass is 32.2. The Morgan fingerprint density at radius 2 is 2.29 bits per heavy atom. The van der Waals surface area contributed by atoms with Gasteiger partial charge < -0.3 is 5.32 Å². The van der Waals surface area contributed by atoms with E-state index in [1.54, 1.807) is 4.31 Å². The Morgan fingerprint density at radius 3 is 2.79 bits per heavy atom. The molecule has 2 aliphatic heterocycles. The first-order valence-corrected chi connectivity index (χ1v) is 6.90. The number of nitrogens with one attached hydrogen (secondary N) is 1. The van der Waals surface area contributed by atoms with Gasteiger partial charge in [0.1, 0.15) is 0 Å². The van der Waals surface area contributed by atoms with Crippen LogP contribution in [0.3, 0.4) is 0 Å². The second-order valence-corrected chi connectivity index (χ2v) is 6.51. The molecule has 0 aromatic heterocycles. The van der Waals surface area contributed by atoms with Crippen LogP contribution in [0.1, 0.15) is 19.8 Å². The molecule has 2 fully saturated rings. The molecule has 0 aliphatic carbocycles. The van der Waals surface area contributed by atoms with Crippen LogP contribution in [0.2, 0.25) is 0 Å². The molecule has 0 bridgehead atoms. The first-order valence-electron chi connectivity index (χ1n) is 5.29. The van der Waals surface area contributed by atoms with Crippen molar-refractivity contribution in [1.82, 2.24) is 9.62 Å². The summed E-state index contributed by atoms with van der Waals surface area (Å²) in [7, 11) is -2.93. The van der Waals surface area contributed by atoms with Gasteiger partial charge in [-0.1, -0.05) is 6.92 Å². The fourth-order valence-electron chi connectivity index (χ4n) is 2.33. The van der Waals surface area contributed by atoms with E-state index in [1.165, 1.54) is 6.42 Å². The second-order valence-electron chi connectivity index (χ2n) is 4.49. The summed E-state index contributed by atoms with van der Waals surface area (Å²) in [4.78, 5) is 0. The third-order valence-electron chi connectivity index (χ3n) is 2.99. The van der Waals surface area contributed by atoms with Gasteiger partial charge in [-0.25, -0.2) is 12.7 Å². The Balaban J connectivity index is 1.97. The molecule has 1 N–H and O–H groups in total. The molecule has 2 unspecified atom stereocenters. The molecular weight excluding hydrogens is 200 g/mol. The number of hydrogen-bond acceptors (Lipinski definition) is 3. The Hall–Kier alpha value is -0.130. The first-order chi connectivity index (χ1) is 6.58. The molecule has 2 rings (SSSR count). The van der Waals surface area contributed by atoms with E-state index in [-0.39, 0.29) is 0 Å². The minimum atomic E-state index is -2.93. The van der Waals surface area contributed by atoms with E-state index in [1.807, 2.05) is 6.92 Å². The van der Waals surface area contributed by atoms with Crippen molar-refractivity contribution < 1.29 is 8.42 Å². The summed E-state index contributed by atoms with van der Waals surface area (Å²) >= 11 is 0. The van der Waals surface area contributed by atoms with Crippen LogP contribution in [0, 0.1) is 5.92 Å². The molecule has 0 spiro atoms. The predicted molar refractivity (Wildman–Crippen MR) is 55.5 cm³/mol. The minimum Gasteiger partial charge on any atom is -0.313 e. The highest BCUT2D eigenvalue weighted by molar-refractivity contribution is 7.89. The van der Waals surface area contributed by atoms with E-state index in [0.717, 1.165) is 13.0 Å². The molecule has 0 radical (unpaired) electrons. The summed E-state index contributed by atoms with van der Waals surface area (Å²) in [5, 5.41) is 3.33. The highest BCUT2D eigenvalue weighted by Gasteiger charge is 2.35. The molecule has 0 saturated carbocycles. The standard InChI is InChI=1S/C9H18N2O2S/c1-8-5-11(14(12,13)7-8)6-9-3-2-4-10-9/h8-10H,2-7H2,1H3. The van der Waals surface area contributed by atoms with Crippen LogP contribution in [0.25, 0.3) is 0 Å². The average Bonchev–Trinajstić information content (AvgIpc) is 2.61. The zero-order valence-electron chi connectivity index (χ0n) is 8.57. The maximum Gasteiger partial charge on any atom is 0.214 e. The molecule has 82 valence electrons. The number of sulfonamides is 1. The summed E-state index contributed by atoms with van der Waals surface area (Å²) in [6.45, 7) is 4.42. The lowest BCUT2D eigenvalue weighted by molar-refractivity contribution is 0.372. The van der Waals surface area contributed by atoms with Crippen molar-refractivity contribution in [3.8, 4) is 0 Å². The van der Waals surface area contributed by atoms with Crippen LogP contribution in [0.4, 0.5) is 0 Å². The van der Waals surface area contributed by atoms with Crippen LogP contribution in [-0.2, 0) is 10.0 Å². The van der Waals surface area contributed by atoms with Gasteiger partial charge in [-0.05, 0) is 25.3 Å². The van der Waals surface area contributed by atoms with E-state index >= 15 is 0 Å². The lowest BCUT2D eigenvalue weighted by Crippen LogP contribution is -2.38. The van der Waals surface area contributed by atoms with Gasteiger partial charge >= 0.3 is 0 Å². The van der Waals surface area contributed by atoms with Gasteiger partial charge in [0.15, 0.2) is 0 Å². The van der Waals surface area contributed by atoms with Crippen molar-refractivity contribution >= 4 is 10.0 Å². The molecule has 2 atom stereocenters. The Bertz CT molecular complexity index is 296. The van der Waals surface area contributed by atoms with Crippen molar-refractivity contribution in [1.29, 1.82) is 0 Å². The van der Waals surface area contributed by atoms with Crippen molar-refractivity contribution in [3.63, 3.8) is 0 Å². The van der Waals surface area contributed by atoms with Crippen LogP contribution in [-0.4, -0.2) is 44.2 Å². The molecule has 0 aromatic carbocycles. The van der Waals surface area contributed by atoms with Gasteiger partial charge in [-0.15, -0.1) is 0 Å². The monoisotopic (exact) mass is 218 g/mol. The van der Waals surface area contributed by atoms with Gasteiger partial charge in [-0.3, -0.25) is 0 Å². The Morgan fingerprint density at radius 1 is 1.50 bits per heavy atom. The van der Waals surface area contributed by atoms with Crippen LogP contribution in [0.5, 0.6) is 0 Å². The molecule has 2 aliphatic rings. The molecule has 2 heterocycles. The predicted octanol–water partition coefficient (Wildman–Crippen LogP) is 0.0199. The van der Waals surface area contributed by atoms with E-state index in [0.29, 0.717) is 30.8 Å². The minimum absolute atomic E-state index is 0.293. The number of hydrogen-bond donors (Lipinski definition) is 1. The quantitative estimate of drug-likeness (QED) is 0.711. The van der Waals surface area contributed by atoms with Gasteiger partial charge in [-0.2, -0.15) is 0 Å². The molecular formula is C9H18N2O2S. The van der Waals surface area contributed by atoms with E-state index in [9.17, 15) is 8.42 Å². The second kappa shape index (κ2) is 3.79. The molecule has 0 amide bonds. The molecule has 0 aromatic rings. The summed E-state index contributed by atoms with van der Waals surface area (Å²) in [6, 6.07) is 0.384. The fraction of sp³-hybridized carbons (Fsp3) is 1.00. The van der Waals surface area contributed by atoms with Gasteiger partial charge in [0.25, 0.3) is 0 Å². The maximum absolute atomic E-state index is 11.7. The maximum atomic E-state index is 11.7. The highest BCUT2D eigenvalue weighted by Crippen LogP contribution is 2.20. The zero-order chi connectivity index (χ0) is 10.2. The summed E-state index contributed by atoms with van der Waals surface area (Å²) in [6.07, 6.45) is 2.29. The summed E-state index contributed by atoms with van der Waals surface area (Å²) < 4.78 is 25.0. The number of rotatable bonds is 2. The van der Waals surface area contributed by atoms with Gasteiger partial charge in [0, 0.05) is 19.1 Å². The van der Waals surface area contributed by atoms with Crippen molar-refractivity contribution in [2.45, 2.75) is 25.8 Å². The molecule has 14 heavy (non-hydrogen) atoms. The Labute approximate surface area is 85.7 Å². The van der Waals surface area contributed by atoms with Crippen molar-refractivity contribution in [2.24, 2.45) is 5.92 Å². The summed E-state index contributed by atoms with van der Waals surface area (Å²) in [5.74, 6) is 0.626. The molecule has 4 nitrogen and oxygen atoms in total. The summed E-state index contributed by atoms with van der Waals surface area (Å²) in [5.41, 5.74) is 0. The van der Waals surface area contributed by atoms with Crippen LogP contribution in [0.15, 0.2) is 0 Å². The number of nitrogens with zero attached hydrogens (tertiary/aromatic N) is 1. The van der Waals surface area contributed by atoms with Gasteiger partial charge in [0.05, 0.1) is 5.75 Å². The van der Waals surface area contributed by atoms with Crippen LogP contribution < -0.4 is 5.32 Å². The zero-order valence-corrected chi connectivity index (χ0v) is 9.39. The van der Waals surface area contributed by atoms with E-state index in [4.69, 9.17) is 0 Å². The van der Waals surface area contributed by atoms with E-state index < -0.39 is 10.0 Å². The Kier molecular flexibility index (Phi) is 2.81. The lowest BCUT2D eigenvalue weighted by Gasteiger charge is -2.19. The molecule has 2 saturated heterocycles. The third kappa shape index (κ3) is 2.10. The topological polar surface area (TPSA) is 49.4 Å². The molecule has 5 heteroatoms. The van der Waals surface area contributed by atoms with Crippen molar-refractivity contribution in [2.75, 3.05) is 25.4 Å². The SMILES string of the molecule is CC1CN(CC2CCCN2)S(=O)(=O)C1. The smallest absolute Gasteiger partial charge is 0.214 e.